The molecule has 1 aromatic rings. The van der Waals surface area contributed by atoms with Crippen LogP contribution in [0.2, 0.25) is 0 Å². The molecule has 1 aromatic carbocycles. The van der Waals surface area contributed by atoms with Gasteiger partial charge in [0.25, 0.3) is 5.91 Å². The van der Waals surface area contributed by atoms with Crippen LogP contribution >= 0.6 is 0 Å². The summed E-state index contributed by atoms with van der Waals surface area (Å²) in [6.07, 6.45) is -0.0109. The third-order valence-corrected chi connectivity index (χ3v) is 3.91. The van der Waals surface area contributed by atoms with Crippen LogP contribution in [0, 0.1) is 11.8 Å². The third-order valence-electron chi connectivity index (χ3n) is 3.91. The number of ether oxygens (including phenoxy) is 1. The molecule has 0 saturated carbocycles. The van der Waals surface area contributed by atoms with E-state index in [0.717, 1.165) is 0 Å². The number of carboxylic acid groups (broad SMARTS) is 1. The maximum absolute atomic E-state index is 12.5. The zero-order chi connectivity index (χ0) is 15.4. The number of likely N-dealkylation sites (tertiary alicyclic amines) is 1. The molecule has 1 fully saturated rings. The van der Waals surface area contributed by atoms with Gasteiger partial charge in [-0.25, -0.2) is 0 Å². The first kappa shape index (κ1) is 15.4. The lowest BCUT2D eigenvalue weighted by molar-refractivity contribution is -0.142. The number of hydrogen-bond donors (Lipinski definition) is 1. The maximum atomic E-state index is 12.5. The number of aliphatic carboxylic acids is 1. The fourth-order valence-corrected chi connectivity index (χ4v) is 2.64. The van der Waals surface area contributed by atoms with Crippen LogP contribution in [0.25, 0.3) is 0 Å². The average molecular weight is 291 g/mol. The normalized spacial score (nSPS) is 22.9. The summed E-state index contributed by atoms with van der Waals surface area (Å²) in [5.41, 5.74) is 0. The summed E-state index contributed by atoms with van der Waals surface area (Å²) < 4.78 is 5.73. The molecule has 2 rings (SSSR count). The van der Waals surface area contributed by atoms with Gasteiger partial charge in [-0.3, -0.25) is 9.59 Å². The van der Waals surface area contributed by atoms with Crippen LogP contribution in [0.5, 0.6) is 5.75 Å². The Balaban J connectivity index is 2.02. The van der Waals surface area contributed by atoms with Crippen LogP contribution in [-0.2, 0) is 9.59 Å². The molecule has 0 aromatic heterocycles. The molecule has 0 radical (unpaired) electrons. The highest BCUT2D eigenvalue weighted by Crippen LogP contribution is 2.25. The van der Waals surface area contributed by atoms with Crippen LogP contribution in [0.15, 0.2) is 30.3 Å². The van der Waals surface area contributed by atoms with Crippen molar-refractivity contribution < 1.29 is 19.4 Å². The number of carbonyl (C=O) groups excluding carboxylic acids is 1. The Morgan fingerprint density at radius 2 is 2.00 bits per heavy atom. The first-order chi connectivity index (χ1) is 10.0. The molecular formula is C16H21NO4. The zero-order valence-corrected chi connectivity index (χ0v) is 12.4. The molecule has 0 bridgehead atoms. The van der Waals surface area contributed by atoms with Gasteiger partial charge in [0.1, 0.15) is 5.75 Å². The van der Waals surface area contributed by atoms with E-state index in [-0.39, 0.29) is 18.4 Å². The molecule has 0 aliphatic carbocycles. The lowest BCUT2D eigenvalue weighted by Gasteiger charge is -2.23. The zero-order valence-electron chi connectivity index (χ0n) is 12.4. The van der Waals surface area contributed by atoms with Gasteiger partial charge in [-0.2, -0.15) is 0 Å². The molecular weight excluding hydrogens is 270 g/mol. The largest absolute Gasteiger partial charge is 0.481 e. The molecule has 21 heavy (non-hydrogen) atoms. The predicted molar refractivity (Wildman–Crippen MR) is 78.0 cm³/mol. The summed E-state index contributed by atoms with van der Waals surface area (Å²) in [6.45, 7) is 4.50. The number of rotatable bonds is 5. The van der Waals surface area contributed by atoms with Crippen molar-refractivity contribution in [3.05, 3.63) is 30.3 Å². The number of para-hydroxylation sites is 1. The van der Waals surface area contributed by atoms with Crippen molar-refractivity contribution in [3.8, 4) is 5.75 Å². The summed E-state index contributed by atoms with van der Waals surface area (Å²) in [6, 6.07) is 9.20. The molecule has 1 heterocycles. The summed E-state index contributed by atoms with van der Waals surface area (Å²) in [7, 11) is 0. The SMILES string of the molecule is CCC(Oc1ccccc1)C(=O)N1CC(C)C(C(=O)O)C1. The number of amides is 1. The minimum absolute atomic E-state index is 0.0271. The van der Waals surface area contributed by atoms with Crippen molar-refractivity contribution in [1.82, 2.24) is 4.90 Å². The van der Waals surface area contributed by atoms with Crippen molar-refractivity contribution in [1.29, 1.82) is 0 Å². The number of benzene rings is 1. The molecule has 1 saturated heterocycles. The minimum atomic E-state index is -0.838. The molecule has 3 unspecified atom stereocenters. The second kappa shape index (κ2) is 6.61. The van der Waals surface area contributed by atoms with Gasteiger partial charge in [0.15, 0.2) is 6.10 Å². The van der Waals surface area contributed by atoms with Gasteiger partial charge in [0.05, 0.1) is 5.92 Å². The van der Waals surface area contributed by atoms with E-state index >= 15 is 0 Å². The van der Waals surface area contributed by atoms with E-state index in [1.807, 2.05) is 44.2 Å². The lowest BCUT2D eigenvalue weighted by atomic mass is 9.99. The molecule has 114 valence electrons. The summed E-state index contributed by atoms with van der Waals surface area (Å²) in [5.74, 6) is -0.824. The Bertz CT molecular complexity index is 502. The summed E-state index contributed by atoms with van der Waals surface area (Å²) in [5, 5.41) is 9.15. The van der Waals surface area contributed by atoms with Crippen molar-refractivity contribution in [2.75, 3.05) is 13.1 Å². The van der Waals surface area contributed by atoms with E-state index in [9.17, 15) is 9.59 Å². The molecule has 1 amide bonds. The predicted octanol–water partition coefficient (Wildman–Crippen LogP) is 2.02. The van der Waals surface area contributed by atoms with Crippen LogP contribution in [-0.4, -0.2) is 41.1 Å². The van der Waals surface area contributed by atoms with Gasteiger partial charge in [-0.1, -0.05) is 32.0 Å². The van der Waals surface area contributed by atoms with E-state index in [1.54, 1.807) is 4.90 Å². The van der Waals surface area contributed by atoms with E-state index < -0.39 is 18.0 Å². The van der Waals surface area contributed by atoms with E-state index in [4.69, 9.17) is 9.84 Å². The second-order valence-corrected chi connectivity index (χ2v) is 5.49. The Kier molecular flexibility index (Phi) is 4.83. The molecule has 1 N–H and O–H groups in total. The monoisotopic (exact) mass is 291 g/mol. The number of hydrogen-bond acceptors (Lipinski definition) is 3. The van der Waals surface area contributed by atoms with Crippen molar-refractivity contribution in [3.63, 3.8) is 0 Å². The highest BCUT2D eigenvalue weighted by Gasteiger charge is 2.39. The Morgan fingerprint density at radius 3 is 2.52 bits per heavy atom. The fraction of sp³-hybridized carbons (Fsp3) is 0.500. The van der Waals surface area contributed by atoms with Crippen LogP contribution in [0.3, 0.4) is 0 Å². The highest BCUT2D eigenvalue weighted by molar-refractivity contribution is 5.83. The smallest absolute Gasteiger partial charge is 0.308 e. The van der Waals surface area contributed by atoms with E-state index in [1.165, 1.54) is 0 Å². The molecule has 0 spiro atoms. The van der Waals surface area contributed by atoms with Gasteiger partial charge in [0.2, 0.25) is 0 Å². The fourth-order valence-electron chi connectivity index (χ4n) is 2.64. The lowest BCUT2D eigenvalue weighted by Crippen LogP contribution is -2.41. The van der Waals surface area contributed by atoms with Gasteiger partial charge in [-0.15, -0.1) is 0 Å². The standard InChI is InChI=1S/C16H21NO4/c1-3-14(21-12-7-5-4-6-8-12)15(18)17-9-11(2)13(10-17)16(19)20/h4-8,11,13-14H,3,9-10H2,1-2H3,(H,19,20). The second-order valence-electron chi connectivity index (χ2n) is 5.49. The first-order valence-electron chi connectivity index (χ1n) is 7.26. The number of nitrogens with zero attached hydrogens (tertiary/aromatic N) is 1. The first-order valence-corrected chi connectivity index (χ1v) is 7.26. The highest BCUT2D eigenvalue weighted by atomic mass is 16.5. The van der Waals surface area contributed by atoms with E-state index in [0.29, 0.717) is 18.7 Å². The van der Waals surface area contributed by atoms with Gasteiger partial charge < -0.3 is 14.7 Å². The number of carboxylic acids is 1. The topological polar surface area (TPSA) is 66.8 Å². The Labute approximate surface area is 124 Å². The Morgan fingerprint density at radius 1 is 1.33 bits per heavy atom. The van der Waals surface area contributed by atoms with Crippen molar-refractivity contribution in [2.24, 2.45) is 11.8 Å². The summed E-state index contributed by atoms with van der Waals surface area (Å²) >= 11 is 0. The molecule has 3 atom stereocenters. The molecule has 5 heteroatoms. The van der Waals surface area contributed by atoms with Crippen molar-refractivity contribution in [2.45, 2.75) is 26.4 Å². The molecule has 5 nitrogen and oxygen atoms in total. The minimum Gasteiger partial charge on any atom is -0.481 e. The molecule has 1 aliphatic rings. The van der Waals surface area contributed by atoms with Crippen LogP contribution < -0.4 is 4.74 Å². The molecule has 1 aliphatic heterocycles. The third kappa shape index (κ3) is 3.54. The van der Waals surface area contributed by atoms with Gasteiger partial charge >= 0.3 is 5.97 Å². The van der Waals surface area contributed by atoms with Gasteiger partial charge in [-0.05, 0) is 24.5 Å². The van der Waals surface area contributed by atoms with Crippen LogP contribution in [0.4, 0.5) is 0 Å². The maximum Gasteiger partial charge on any atom is 0.308 e. The van der Waals surface area contributed by atoms with Crippen LogP contribution in [0.1, 0.15) is 20.3 Å². The van der Waals surface area contributed by atoms with Crippen molar-refractivity contribution >= 4 is 11.9 Å². The van der Waals surface area contributed by atoms with Gasteiger partial charge in [0, 0.05) is 13.1 Å². The average Bonchev–Trinajstić information content (AvgIpc) is 2.87. The Hall–Kier alpha value is -2.04. The van der Waals surface area contributed by atoms with E-state index in [2.05, 4.69) is 0 Å². The summed E-state index contributed by atoms with van der Waals surface area (Å²) in [4.78, 5) is 25.3. The quantitative estimate of drug-likeness (QED) is 0.901. The number of carbonyl (C=O) groups is 2.